The highest BCUT2D eigenvalue weighted by Crippen LogP contribution is 2.38. The van der Waals surface area contributed by atoms with Crippen molar-refractivity contribution >= 4 is 35.1 Å². The van der Waals surface area contributed by atoms with E-state index in [4.69, 9.17) is 32.7 Å². The molecule has 0 fully saturated rings. The molecule has 0 amide bonds. The second-order valence-electron chi connectivity index (χ2n) is 6.81. The molecule has 0 unspecified atom stereocenters. The lowest BCUT2D eigenvalue weighted by Gasteiger charge is -2.13. The predicted molar refractivity (Wildman–Crippen MR) is 116 cm³/mol. The summed E-state index contributed by atoms with van der Waals surface area (Å²) in [5.41, 5.74) is -1.61. The van der Waals surface area contributed by atoms with E-state index in [1.54, 1.807) is 23.6 Å². The van der Waals surface area contributed by atoms with Crippen molar-refractivity contribution in [3.05, 3.63) is 86.4 Å². The van der Waals surface area contributed by atoms with Gasteiger partial charge in [0.1, 0.15) is 17.9 Å². The molecule has 13 heteroatoms. The molecule has 0 aromatic heterocycles. The van der Waals surface area contributed by atoms with E-state index in [-0.39, 0.29) is 17.9 Å². The first-order valence-electron chi connectivity index (χ1n) is 9.41. The Bertz CT molecular complexity index is 1250. The van der Waals surface area contributed by atoms with Crippen LogP contribution in [0.25, 0.3) is 0 Å². The van der Waals surface area contributed by atoms with Crippen LogP contribution in [-0.2, 0) is 12.8 Å². The van der Waals surface area contributed by atoms with Gasteiger partial charge in [0.15, 0.2) is 34.8 Å². The molecule has 0 saturated heterocycles. The number of nitrogens with zero attached hydrogens (tertiary/aromatic N) is 1. The first-order chi connectivity index (χ1) is 16.4. The van der Waals surface area contributed by atoms with Gasteiger partial charge in [-0.25, -0.2) is 17.6 Å². The number of nitrogens with one attached hydrogen (secondary N) is 1. The Morgan fingerprint density at radius 1 is 0.914 bits per heavy atom. The molecule has 0 radical (unpaired) electrons. The molecule has 0 bridgehead atoms. The molecule has 186 valence electrons. The molecule has 0 atom stereocenters. The van der Waals surface area contributed by atoms with Crippen LogP contribution in [0.5, 0.6) is 11.5 Å². The standard InChI is InChI=1S/C22H13Cl2F7N2O2/c1-34-15-6-10(2-5-14(15)35-9-11-3-4-12(23)7-13(11)24)8-32-33-21-19(27)17(25)16(22(29,30)31)18(26)20(21)28/h2-8,33H,9H2,1H3. The number of halogens is 9. The topological polar surface area (TPSA) is 42.8 Å². The van der Waals surface area contributed by atoms with Gasteiger partial charge in [-0.3, -0.25) is 5.43 Å². The molecule has 3 aromatic rings. The van der Waals surface area contributed by atoms with Crippen molar-refractivity contribution in [1.29, 1.82) is 0 Å². The Balaban J connectivity index is 1.78. The molecule has 0 saturated carbocycles. The Morgan fingerprint density at radius 3 is 2.14 bits per heavy atom. The largest absolute Gasteiger partial charge is 0.493 e. The third kappa shape index (κ3) is 5.91. The summed E-state index contributed by atoms with van der Waals surface area (Å²) in [7, 11) is 1.34. The molecule has 3 aromatic carbocycles. The van der Waals surface area contributed by atoms with Crippen LogP contribution in [0.2, 0.25) is 10.0 Å². The van der Waals surface area contributed by atoms with Crippen LogP contribution in [0, 0.1) is 23.3 Å². The zero-order valence-corrected chi connectivity index (χ0v) is 18.9. The van der Waals surface area contributed by atoms with Crippen LogP contribution in [0.1, 0.15) is 16.7 Å². The van der Waals surface area contributed by atoms with Crippen molar-refractivity contribution in [1.82, 2.24) is 0 Å². The third-order valence-corrected chi connectivity index (χ3v) is 5.11. The van der Waals surface area contributed by atoms with Gasteiger partial charge >= 0.3 is 6.18 Å². The Labute approximate surface area is 203 Å². The van der Waals surface area contributed by atoms with Crippen molar-refractivity contribution in [3.8, 4) is 11.5 Å². The van der Waals surface area contributed by atoms with E-state index in [1.165, 1.54) is 25.3 Å². The van der Waals surface area contributed by atoms with Crippen molar-refractivity contribution in [2.75, 3.05) is 12.5 Å². The Kier molecular flexibility index (Phi) is 8.01. The summed E-state index contributed by atoms with van der Waals surface area (Å²) in [5, 5.41) is 4.27. The summed E-state index contributed by atoms with van der Waals surface area (Å²) in [6, 6.07) is 9.19. The minimum absolute atomic E-state index is 0.0744. The number of hydrazone groups is 1. The van der Waals surface area contributed by atoms with E-state index in [2.05, 4.69) is 5.10 Å². The molecule has 0 heterocycles. The van der Waals surface area contributed by atoms with Gasteiger partial charge in [-0.2, -0.15) is 18.3 Å². The molecule has 0 aliphatic rings. The molecule has 3 rings (SSSR count). The summed E-state index contributed by atoms with van der Waals surface area (Å²) in [5.74, 6) is -9.24. The number of methoxy groups -OCH3 is 1. The molecule has 0 spiro atoms. The fraction of sp³-hybridized carbons (Fsp3) is 0.136. The highest BCUT2D eigenvalue weighted by Gasteiger charge is 2.42. The molecule has 0 aliphatic carbocycles. The van der Waals surface area contributed by atoms with Crippen LogP contribution in [0.15, 0.2) is 41.5 Å². The molecule has 35 heavy (non-hydrogen) atoms. The van der Waals surface area contributed by atoms with Crippen LogP contribution in [0.4, 0.5) is 36.4 Å². The average molecular weight is 541 g/mol. The van der Waals surface area contributed by atoms with Crippen molar-refractivity contribution < 1.29 is 40.2 Å². The van der Waals surface area contributed by atoms with Gasteiger partial charge in [0, 0.05) is 15.6 Å². The summed E-state index contributed by atoms with van der Waals surface area (Å²) < 4.78 is 104. The SMILES string of the molecule is COc1cc(C=NNc2c(F)c(F)c(C(F)(F)F)c(F)c2F)ccc1OCc1ccc(Cl)cc1Cl. The van der Waals surface area contributed by atoms with Gasteiger partial charge in [0.25, 0.3) is 0 Å². The smallest absolute Gasteiger partial charge is 0.422 e. The van der Waals surface area contributed by atoms with Gasteiger partial charge < -0.3 is 9.47 Å². The second kappa shape index (κ2) is 10.6. The molecular formula is C22H13Cl2F7N2O2. The maximum Gasteiger partial charge on any atom is 0.422 e. The monoisotopic (exact) mass is 540 g/mol. The average Bonchev–Trinajstić information content (AvgIpc) is 2.79. The number of hydrogen-bond acceptors (Lipinski definition) is 4. The van der Waals surface area contributed by atoms with E-state index < -0.39 is 40.7 Å². The number of alkyl halides is 3. The van der Waals surface area contributed by atoms with Gasteiger partial charge in [0.2, 0.25) is 0 Å². The number of benzene rings is 3. The van der Waals surface area contributed by atoms with E-state index in [9.17, 15) is 30.7 Å². The summed E-state index contributed by atoms with van der Waals surface area (Å²) >= 11 is 11.9. The van der Waals surface area contributed by atoms with Crippen LogP contribution in [0.3, 0.4) is 0 Å². The molecule has 0 aliphatic heterocycles. The third-order valence-electron chi connectivity index (χ3n) is 4.52. The highest BCUT2D eigenvalue weighted by atomic mass is 35.5. The van der Waals surface area contributed by atoms with E-state index in [0.29, 0.717) is 21.4 Å². The quantitative estimate of drug-likeness (QED) is 0.145. The van der Waals surface area contributed by atoms with Crippen LogP contribution >= 0.6 is 23.2 Å². The second-order valence-corrected chi connectivity index (χ2v) is 7.65. The zero-order valence-electron chi connectivity index (χ0n) is 17.4. The molecular weight excluding hydrogens is 528 g/mol. The van der Waals surface area contributed by atoms with E-state index in [0.717, 1.165) is 6.21 Å². The summed E-state index contributed by atoms with van der Waals surface area (Å²) in [6.45, 7) is 0.0744. The van der Waals surface area contributed by atoms with Gasteiger partial charge in [-0.05, 0) is 35.9 Å². The first kappa shape index (κ1) is 26.4. The van der Waals surface area contributed by atoms with Crippen molar-refractivity contribution in [2.24, 2.45) is 5.10 Å². The van der Waals surface area contributed by atoms with Crippen molar-refractivity contribution in [2.45, 2.75) is 12.8 Å². The van der Waals surface area contributed by atoms with Gasteiger partial charge in [-0.15, -0.1) is 0 Å². The minimum atomic E-state index is -5.64. The fourth-order valence-electron chi connectivity index (χ4n) is 2.83. The minimum Gasteiger partial charge on any atom is -0.493 e. The van der Waals surface area contributed by atoms with Crippen LogP contribution < -0.4 is 14.9 Å². The maximum absolute atomic E-state index is 13.9. The van der Waals surface area contributed by atoms with E-state index in [1.807, 2.05) is 0 Å². The Hall–Kier alpha value is -3.18. The number of rotatable bonds is 7. The number of ether oxygens (including phenoxy) is 2. The summed E-state index contributed by atoms with van der Waals surface area (Å²) in [4.78, 5) is 0. The predicted octanol–water partition coefficient (Wildman–Crippen LogP) is 7.60. The highest BCUT2D eigenvalue weighted by molar-refractivity contribution is 6.35. The van der Waals surface area contributed by atoms with Gasteiger partial charge in [-0.1, -0.05) is 29.3 Å². The normalized spacial score (nSPS) is 11.7. The van der Waals surface area contributed by atoms with E-state index >= 15 is 0 Å². The molecule has 4 nitrogen and oxygen atoms in total. The lowest BCUT2D eigenvalue weighted by Crippen LogP contribution is -2.16. The summed E-state index contributed by atoms with van der Waals surface area (Å²) in [6.07, 6.45) is -4.66. The zero-order chi connectivity index (χ0) is 25.9. The lowest BCUT2D eigenvalue weighted by molar-refractivity contribution is -0.143. The Morgan fingerprint density at radius 2 is 1.57 bits per heavy atom. The number of anilines is 1. The fourth-order valence-corrected chi connectivity index (χ4v) is 3.29. The van der Waals surface area contributed by atoms with Gasteiger partial charge in [0.05, 0.1) is 13.3 Å². The van der Waals surface area contributed by atoms with Crippen LogP contribution in [-0.4, -0.2) is 13.3 Å². The number of hydrogen-bond donors (Lipinski definition) is 1. The first-order valence-corrected chi connectivity index (χ1v) is 10.2. The van der Waals surface area contributed by atoms with Crippen molar-refractivity contribution in [3.63, 3.8) is 0 Å². The molecule has 1 N–H and O–H groups in total. The maximum atomic E-state index is 13.9. The lowest BCUT2D eigenvalue weighted by atomic mass is 10.1.